The molecule has 1 aromatic rings. The Morgan fingerprint density at radius 2 is 2.11 bits per heavy atom. The van der Waals surface area contributed by atoms with Crippen LogP contribution in [0, 0.1) is 19.6 Å². The van der Waals surface area contributed by atoms with Crippen LogP contribution in [-0.2, 0) is 0 Å². The van der Waals surface area contributed by atoms with Crippen LogP contribution in [0.2, 0.25) is 0 Å². The van der Waals surface area contributed by atoms with E-state index >= 15 is 0 Å². The number of rotatable bonds is 6. The van der Waals surface area contributed by atoms with Crippen LogP contribution in [0.25, 0.3) is 0 Å². The number of hydrogen-bond acceptors (Lipinski definition) is 4. The summed E-state index contributed by atoms with van der Waals surface area (Å²) >= 11 is 2.13. The molecule has 0 amide bonds. The summed E-state index contributed by atoms with van der Waals surface area (Å²) in [5.74, 6) is 0.462. The molecule has 0 aliphatic heterocycles. The minimum Gasteiger partial charge on any atom is -0.374 e. The lowest BCUT2D eigenvalue weighted by Gasteiger charge is -2.24. The van der Waals surface area contributed by atoms with Crippen molar-refractivity contribution in [3.05, 3.63) is 31.9 Å². The van der Waals surface area contributed by atoms with Crippen LogP contribution in [0.1, 0.15) is 20.3 Å². The van der Waals surface area contributed by atoms with Crippen molar-refractivity contribution in [3.8, 4) is 0 Å². The van der Waals surface area contributed by atoms with Gasteiger partial charge >= 0.3 is 0 Å². The lowest BCUT2D eigenvalue weighted by molar-refractivity contribution is -0.384. The molecule has 0 aliphatic carbocycles. The largest absolute Gasteiger partial charge is 0.374 e. The van der Waals surface area contributed by atoms with Gasteiger partial charge in [0.1, 0.15) is 0 Å². The maximum absolute atomic E-state index is 10.7. The van der Waals surface area contributed by atoms with Crippen molar-refractivity contribution in [2.75, 3.05) is 18.5 Å². The van der Waals surface area contributed by atoms with E-state index in [1.54, 1.807) is 12.1 Å². The standard InChI is InChI=1S/C13H20IN3O2/c1-9(2)12(15)6-7-16(3)13-5-4-10(17(18)19)8-11(13)14/h4-5,8-9,12H,6-7,15H2,1-3H3. The highest BCUT2D eigenvalue weighted by Crippen LogP contribution is 2.26. The molecule has 6 heteroatoms. The monoisotopic (exact) mass is 377 g/mol. The van der Waals surface area contributed by atoms with Crippen LogP contribution in [0.5, 0.6) is 0 Å². The molecular weight excluding hydrogens is 357 g/mol. The van der Waals surface area contributed by atoms with E-state index in [0.717, 1.165) is 22.2 Å². The predicted octanol–water partition coefficient (Wildman–Crippen LogP) is 3.01. The first kappa shape index (κ1) is 16.2. The Bertz CT molecular complexity index is 452. The molecule has 1 unspecified atom stereocenters. The van der Waals surface area contributed by atoms with Gasteiger partial charge in [-0.05, 0) is 41.0 Å². The van der Waals surface area contributed by atoms with Crippen molar-refractivity contribution < 1.29 is 4.92 Å². The number of nitro benzene ring substituents is 1. The first-order chi connectivity index (χ1) is 8.82. The van der Waals surface area contributed by atoms with Gasteiger partial charge in [-0.15, -0.1) is 0 Å². The third-order valence-corrected chi connectivity index (χ3v) is 4.07. The second-order valence-electron chi connectivity index (χ2n) is 5.01. The van der Waals surface area contributed by atoms with E-state index in [1.807, 2.05) is 7.05 Å². The van der Waals surface area contributed by atoms with Crippen molar-refractivity contribution in [3.63, 3.8) is 0 Å². The van der Waals surface area contributed by atoms with Gasteiger partial charge in [-0.2, -0.15) is 0 Å². The lowest BCUT2D eigenvalue weighted by atomic mass is 10.0. The molecule has 19 heavy (non-hydrogen) atoms. The van der Waals surface area contributed by atoms with Gasteiger partial charge in [0.15, 0.2) is 0 Å². The zero-order valence-electron chi connectivity index (χ0n) is 11.5. The highest BCUT2D eigenvalue weighted by atomic mass is 127. The van der Waals surface area contributed by atoms with Crippen LogP contribution < -0.4 is 10.6 Å². The number of nitrogens with two attached hydrogens (primary N) is 1. The van der Waals surface area contributed by atoms with E-state index in [9.17, 15) is 10.1 Å². The third kappa shape index (κ3) is 4.61. The molecule has 1 atom stereocenters. The lowest BCUT2D eigenvalue weighted by Crippen LogP contribution is -2.32. The van der Waals surface area contributed by atoms with Gasteiger partial charge in [0.2, 0.25) is 0 Å². The quantitative estimate of drug-likeness (QED) is 0.470. The molecule has 0 radical (unpaired) electrons. The summed E-state index contributed by atoms with van der Waals surface area (Å²) < 4.78 is 0.882. The zero-order chi connectivity index (χ0) is 14.6. The van der Waals surface area contributed by atoms with E-state index in [4.69, 9.17) is 5.73 Å². The molecule has 0 aliphatic rings. The van der Waals surface area contributed by atoms with Crippen LogP contribution in [0.4, 0.5) is 11.4 Å². The Morgan fingerprint density at radius 1 is 1.47 bits per heavy atom. The van der Waals surface area contributed by atoms with Crippen molar-refractivity contribution >= 4 is 34.0 Å². The van der Waals surface area contributed by atoms with Crippen molar-refractivity contribution in [1.82, 2.24) is 0 Å². The molecule has 0 fully saturated rings. The normalized spacial score (nSPS) is 12.5. The van der Waals surface area contributed by atoms with Crippen molar-refractivity contribution in [2.24, 2.45) is 11.7 Å². The van der Waals surface area contributed by atoms with Gasteiger partial charge < -0.3 is 10.6 Å². The van der Waals surface area contributed by atoms with E-state index in [0.29, 0.717) is 5.92 Å². The summed E-state index contributed by atoms with van der Waals surface area (Å²) in [5, 5.41) is 10.7. The molecule has 0 bridgehead atoms. The molecule has 1 aromatic carbocycles. The Morgan fingerprint density at radius 3 is 2.58 bits per heavy atom. The summed E-state index contributed by atoms with van der Waals surface area (Å²) in [4.78, 5) is 12.4. The van der Waals surface area contributed by atoms with Gasteiger partial charge in [-0.1, -0.05) is 13.8 Å². The maximum atomic E-state index is 10.7. The molecular formula is C13H20IN3O2. The minimum atomic E-state index is -0.374. The third-order valence-electron chi connectivity index (χ3n) is 3.21. The first-order valence-electron chi connectivity index (χ1n) is 6.23. The SMILES string of the molecule is CC(C)C(N)CCN(C)c1ccc([N+](=O)[O-])cc1I. The van der Waals surface area contributed by atoms with Crippen LogP contribution >= 0.6 is 22.6 Å². The van der Waals surface area contributed by atoms with E-state index in [1.165, 1.54) is 6.07 Å². The Hall–Kier alpha value is -0.890. The predicted molar refractivity (Wildman–Crippen MR) is 86.5 cm³/mol. The second kappa shape index (κ2) is 7.04. The molecule has 0 aromatic heterocycles. The Balaban J connectivity index is 2.72. The first-order valence-corrected chi connectivity index (χ1v) is 7.31. The molecule has 1 rings (SSSR count). The molecule has 0 saturated heterocycles. The molecule has 0 heterocycles. The fraction of sp³-hybridized carbons (Fsp3) is 0.538. The van der Waals surface area contributed by atoms with E-state index < -0.39 is 0 Å². The molecule has 0 saturated carbocycles. The van der Waals surface area contributed by atoms with Crippen LogP contribution in [0.15, 0.2) is 18.2 Å². The smallest absolute Gasteiger partial charge is 0.270 e. The summed E-state index contributed by atoms with van der Waals surface area (Å²) in [5.41, 5.74) is 7.15. The molecule has 106 valence electrons. The number of nitro groups is 1. The van der Waals surface area contributed by atoms with Gasteiger partial charge in [0, 0.05) is 35.3 Å². The topological polar surface area (TPSA) is 72.4 Å². The number of halogens is 1. The fourth-order valence-corrected chi connectivity index (χ4v) is 2.63. The average molecular weight is 377 g/mol. The van der Waals surface area contributed by atoms with E-state index in [-0.39, 0.29) is 16.7 Å². The zero-order valence-corrected chi connectivity index (χ0v) is 13.6. The average Bonchev–Trinajstić information content (AvgIpc) is 2.34. The number of nitrogens with zero attached hydrogens (tertiary/aromatic N) is 2. The summed E-state index contributed by atoms with van der Waals surface area (Å²) in [6, 6.07) is 5.10. The molecule has 0 spiro atoms. The van der Waals surface area contributed by atoms with Gasteiger partial charge in [-0.25, -0.2) is 0 Å². The fourth-order valence-electron chi connectivity index (χ4n) is 1.72. The van der Waals surface area contributed by atoms with Gasteiger partial charge in [0.05, 0.1) is 10.6 Å². The second-order valence-corrected chi connectivity index (χ2v) is 6.17. The number of benzene rings is 1. The molecule has 5 nitrogen and oxygen atoms in total. The van der Waals surface area contributed by atoms with Crippen LogP contribution in [0.3, 0.4) is 0 Å². The van der Waals surface area contributed by atoms with Gasteiger partial charge in [0.25, 0.3) is 5.69 Å². The maximum Gasteiger partial charge on any atom is 0.270 e. The number of hydrogen-bond donors (Lipinski definition) is 1. The summed E-state index contributed by atoms with van der Waals surface area (Å²) in [6.45, 7) is 5.06. The Kier molecular flexibility index (Phi) is 5.99. The highest BCUT2D eigenvalue weighted by molar-refractivity contribution is 14.1. The minimum absolute atomic E-state index is 0.125. The molecule has 2 N–H and O–H groups in total. The Labute approximate surface area is 127 Å². The van der Waals surface area contributed by atoms with Gasteiger partial charge in [-0.3, -0.25) is 10.1 Å². The summed E-state index contributed by atoms with van der Waals surface area (Å²) in [7, 11) is 1.98. The summed E-state index contributed by atoms with van der Waals surface area (Å²) in [6.07, 6.45) is 0.904. The van der Waals surface area contributed by atoms with Crippen LogP contribution in [-0.4, -0.2) is 24.6 Å². The number of non-ortho nitro benzene ring substituents is 1. The van der Waals surface area contributed by atoms with Crippen molar-refractivity contribution in [2.45, 2.75) is 26.3 Å². The van der Waals surface area contributed by atoms with E-state index in [2.05, 4.69) is 41.3 Å². The highest BCUT2D eigenvalue weighted by Gasteiger charge is 2.13. The number of anilines is 1. The van der Waals surface area contributed by atoms with Crippen molar-refractivity contribution in [1.29, 1.82) is 0 Å².